The highest BCUT2D eigenvalue weighted by Gasteiger charge is 2.14. The molecule has 0 saturated heterocycles. The number of aliphatic hydroxyl groups excluding tert-OH is 1. The third-order valence-corrected chi connectivity index (χ3v) is 3.77. The molecule has 0 aliphatic carbocycles. The van der Waals surface area contributed by atoms with Crippen molar-refractivity contribution in [2.45, 2.75) is 6.54 Å². The molecular weight excluding hydrogens is 313 g/mol. The Bertz CT molecular complexity index is 919. The van der Waals surface area contributed by atoms with E-state index in [0.717, 1.165) is 0 Å². The molecule has 0 unspecified atom stereocenters. The predicted molar refractivity (Wildman–Crippen MR) is 88.3 cm³/mol. The lowest BCUT2D eigenvalue weighted by molar-refractivity contribution is 0.291. The predicted octanol–water partition coefficient (Wildman–Crippen LogP) is 2.39. The molecule has 0 saturated carbocycles. The highest BCUT2D eigenvalue weighted by atomic mass is 19.1. The summed E-state index contributed by atoms with van der Waals surface area (Å²) in [4.78, 5) is 12.7. The standard InChI is InChI=1S/C18H16FNO4/c19-12-3-1-11(2-4-12)15-10-24-18-13(17(15)23)5-6-16(22)14(18)9-20-7-8-21/h1-6,10,20-22H,7-9H2. The van der Waals surface area contributed by atoms with E-state index in [4.69, 9.17) is 9.52 Å². The van der Waals surface area contributed by atoms with E-state index in [1.807, 2.05) is 0 Å². The first-order valence-corrected chi connectivity index (χ1v) is 7.45. The number of nitrogens with one attached hydrogen (secondary N) is 1. The summed E-state index contributed by atoms with van der Waals surface area (Å²) >= 11 is 0. The molecule has 3 N–H and O–H groups in total. The number of rotatable bonds is 5. The number of benzene rings is 2. The molecule has 2 aromatic carbocycles. The highest BCUT2D eigenvalue weighted by molar-refractivity contribution is 5.85. The monoisotopic (exact) mass is 329 g/mol. The third-order valence-electron chi connectivity index (χ3n) is 3.77. The molecule has 0 spiro atoms. The average Bonchev–Trinajstić information content (AvgIpc) is 2.58. The van der Waals surface area contributed by atoms with E-state index in [9.17, 15) is 14.3 Å². The summed E-state index contributed by atoms with van der Waals surface area (Å²) in [6.07, 6.45) is 1.31. The van der Waals surface area contributed by atoms with Crippen LogP contribution in [0.4, 0.5) is 4.39 Å². The lowest BCUT2D eigenvalue weighted by Gasteiger charge is -2.10. The van der Waals surface area contributed by atoms with Gasteiger partial charge in [-0.25, -0.2) is 4.39 Å². The Kier molecular flexibility index (Phi) is 4.59. The Morgan fingerprint density at radius 3 is 2.58 bits per heavy atom. The van der Waals surface area contributed by atoms with Crippen LogP contribution in [0.2, 0.25) is 0 Å². The van der Waals surface area contributed by atoms with Gasteiger partial charge >= 0.3 is 0 Å². The van der Waals surface area contributed by atoms with Gasteiger partial charge in [0, 0.05) is 13.1 Å². The number of hydrogen-bond donors (Lipinski definition) is 3. The number of aliphatic hydroxyl groups is 1. The Labute approximate surface area is 137 Å². The van der Waals surface area contributed by atoms with Gasteiger partial charge in [0.15, 0.2) is 0 Å². The van der Waals surface area contributed by atoms with Crippen molar-refractivity contribution >= 4 is 11.0 Å². The van der Waals surface area contributed by atoms with Crippen LogP contribution in [0.5, 0.6) is 5.75 Å². The van der Waals surface area contributed by atoms with Crippen LogP contribution < -0.4 is 10.7 Å². The molecule has 0 radical (unpaired) electrons. The van der Waals surface area contributed by atoms with Crippen LogP contribution in [0.3, 0.4) is 0 Å². The minimum atomic E-state index is -0.383. The van der Waals surface area contributed by atoms with Gasteiger partial charge in [0.2, 0.25) is 5.43 Å². The number of phenolic OH excluding ortho intramolecular Hbond substituents is 1. The fourth-order valence-electron chi connectivity index (χ4n) is 2.54. The van der Waals surface area contributed by atoms with E-state index >= 15 is 0 Å². The summed E-state index contributed by atoms with van der Waals surface area (Å²) < 4.78 is 18.6. The molecule has 0 atom stereocenters. The second-order valence-electron chi connectivity index (χ2n) is 5.33. The summed E-state index contributed by atoms with van der Waals surface area (Å²) in [5, 5.41) is 22.1. The second kappa shape index (κ2) is 6.82. The normalized spacial score (nSPS) is 11.1. The maximum Gasteiger partial charge on any atom is 0.200 e. The molecule has 0 aliphatic rings. The zero-order chi connectivity index (χ0) is 17.1. The van der Waals surface area contributed by atoms with Crippen molar-refractivity contribution in [3.8, 4) is 16.9 Å². The van der Waals surface area contributed by atoms with Crippen LogP contribution >= 0.6 is 0 Å². The Morgan fingerprint density at radius 2 is 1.88 bits per heavy atom. The van der Waals surface area contributed by atoms with E-state index in [1.165, 1.54) is 42.7 Å². The molecule has 0 amide bonds. The Morgan fingerprint density at radius 1 is 1.12 bits per heavy atom. The first kappa shape index (κ1) is 16.2. The van der Waals surface area contributed by atoms with Gasteiger partial charge in [-0.1, -0.05) is 12.1 Å². The second-order valence-corrected chi connectivity index (χ2v) is 5.33. The fourth-order valence-corrected chi connectivity index (χ4v) is 2.54. The van der Waals surface area contributed by atoms with Gasteiger partial charge in [0.25, 0.3) is 0 Å². The van der Waals surface area contributed by atoms with Crippen LogP contribution in [-0.4, -0.2) is 23.4 Å². The van der Waals surface area contributed by atoms with Crippen LogP contribution in [0, 0.1) is 5.82 Å². The summed E-state index contributed by atoms with van der Waals surface area (Å²) in [6, 6.07) is 8.51. The van der Waals surface area contributed by atoms with Crippen LogP contribution in [0.15, 0.2) is 51.9 Å². The Hall–Kier alpha value is -2.70. The van der Waals surface area contributed by atoms with Crippen molar-refractivity contribution in [2.24, 2.45) is 0 Å². The Balaban J connectivity index is 2.11. The fraction of sp³-hybridized carbons (Fsp3) is 0.167. The topological polar surface area (TPSA) is 82.7 Å². The maximum atomic E-state index is 13.0. The van der Waals surface area contributed by atoms with E-state index in [1.54, 1.807) is 0 Å². The molecule has 124 valence electrons. The summed E-state index contributed by atoms with van der Waals surface area (Å²) in [6.45, 7) is 0.570. The van der Waals surface area contributed by atoms with Gasteiger partial charge < -0.3 is 19.9 Å². The minimum Gasteiger partial charge on any atom is -0.507 e. The molecule has 0 aliphatic heterocycles. The SMILES string of the molecule is O=c1c(-c2ccc(F)cc2)coc2c(CNCCO)c(O)ccc12. The van der Waals surface area contributed by atoms with Gasteiger partial charge in [0.1, 0.15) is 23.4 Å². The minimum absolute atomic E-state index is 0.00521. The van der Waals surface area contributed by atoms with Crippen molar-refractivity contribution in [2.75, 3.05) is 13.2 Å². The molecule has 6 heteroatoms. The van der Waals surface area contributed by atoms with Crippen molar-refractivity contribution in [1.29, 1.82) is 0 Å². The van der Waals surface area contributed by atoms with Crippen molar-refractivity contribution in [3.05, 3.63) is 64.3 Å². The van der Waals surface area contributed by atoms with Gasteiger partial charge in [-0.05, 0) is 29.8 Å². The summed E-state index contributed by atoms with van der Waals surface area (Å²) in [5.74, 6) is -0.378. The quantitative estimate of drug-likeness (QED) is 0.626. The lowest BCUT2D eigenvalue weighted by Crippen LogP contribution is -2.18. The van der Waals surface area contributed by atoms with Gasteiger partial charge in [0.05, 0.1) is 23.1 Å². The number of hydrogen-bond acceptors (Lipinski definition) is 5. The molecular formula is C18H16FNO4. The van der Waals surface area contributed by atoms with Crippen LogP contribution in [-0.2, 0) is 6.54 Å². The van der Waals surface area contributed by atoms with E-state index < -0.39 is 0 Å². The zero-order valence-corrected chi connectivity index (χ0v) is 12.8. The molecule has 3 rings (SSSR count). The highest BCUT2D eigenvalue weighted by Crippen LogP contribution is 2.27. The van der Waals surface area contributed by atoms with E-state index in [2.05, 4.69) is 5.32 Å². The number of aromatic hydroxyl groups is 1. The smallest absolute Gasteiger partial charge is 0.200 e. The lowest BCUT2D eigenvalue weighted by atomic mass is 10.0. The number of phenols is 1. The molecule has 0 bridgehead atoms. The maximum absolute atomic E-state index is 13.0. The van der Waals surface area contributed by atoms with Gasteiger partial charge in [-0.15, -0.1) is 0 Å². The van der Waals surface area contributed by atoms with Crippen molar-refractivity contribution in [3.63, 3.8) is 0 Å². The summed E-state index contributed by atoms with van der Waals surface area (Å²) in [5.41, 5.74) is 1.36. The zero-order valence-electron chi connectivity index (χ0n) is 12.8. The molecule has 5 nitrogen and oxygen atoms in total. The van der Waals surface area contributed by atoms with Crippen LogP contribution in [0.25, 0.3) is 22.1 Å². The molecule has 1 aromatic heterocycles. The van der Waals surface area contributed by atoms with Crippen LogP contribution in [0.1, 0.15) is 5.56 Å². The third kappa shape index (κ3) is 3.02. The largest absolute Gasteiger partial charge is 0.507 e. The van der Waals surface area contributed by atoms with Crippen molar-refractivity contribution < 1.29 is 19.0 Å². The molecule has 1 heterocycles. The van der Waals surface area contributed by atoms with E-state index in [-0.39, 0.29) is 35.7 Å². The first-order chi connectivity index (χ1) is 11.6. The molecule has 0 fully saturated rings. The van der Waals surface area contributed by atoms with Crippen molar-refractivity contribution in [1.82, 2.24) is 5.32 Å². The van der Waals surface area contributed by atoms with Gasteiger partial charge in [-0.2, -0.15) is 0 Å². The van der Waals surface area contributed by atoms with Gasteiger partial charge in [-0.3, -0.25) is 4.79 Å². The summed E-state index contributed by atoms with van der Waals surface area (Å²) in [7, 11) is 0. The average molecular weight is 329 g/mol. The number of fused-ring (bicyclic) bond motifs is 1. The molecule has 3 aromatic rings. The van der Waals surface area contributed by atoms with E-state index in [0.29, 0.717) is 28.6 Å². The number of halogens is 1. The molecule has 24 heavy (non-hydrogen) atoms. The first-order valence-electron chi connectivity index (χ1n) is 7.45.